The number of allylic oxidation sites excluding steroid dienone is 4. The van der Waals surface area contributed by atoms with Crippen LogP contribution in [-0.4, -0.2) is 18.2 Å². The van der Waals surface area contributed by atoms with Gasteiger partial charge in [-0.25, -0.2) is 0 Å². The van der Waals surface area contributed by atoms with E-state index in [9.17, 15) is 4.79 Å². The number of hydrogen-bond donors (Lipinski definition) is 0. The second kappa shape index (κ2) is 8.07. The number of ether oxygens (including phenoxy) is 2. The Labute approximate surface area is 152 Å². The van der Waals surface area contributed by atoms with Crippen LogP contribution in [0.15, 0.2) is 47.8 Å². The Morgan fingerprint density at radius 2 is 2.04 bits per heavy atom. The van der Waals surface area contributed by atoms with Gasteiger partial charge in [0.15, 0.2) is 0 Å². The zero-order chi connectivity index (χ0) is 18.6. The van der Waals surface area contributed by atoms with E-state index >= 15 is 0 Å². The molecule has 2 aliphatic rings. The molecule has 1 spiro atoms. The summed E-state index contributed by atoms with van der Waals surface area (Å²) >= 11 is 0. The summed E-state index contributed by atoms with van der Waals surface area (Å²) in [5, 5.41) is 0. The van der Waals surface area contributed by atoms with Gasteiger partial charge < -0.3 is 9.47 Å². The zero-order valence-electron chi connectivity index (χ0n) is 16.2. The maximum Gasteiger partial charge on any atom is 0.302 e. The summed E-state index contributed by atoms with van der Waals surface area (Å²) in [5.41, 5.74) is 3.68. The highest BCUT2D eigenvalue weighted by Crippen LogP contribution is 2.54. The van der Waals surface area contributed by atoms with E-state index in [2.05, 4.69) is 46.1 Å². The number of esters is 1. The third-order valence-corrected chi connectivity index (χ3v) is 5.27. The van der Waals surface area contributed by atoms with Gasteiger partial charge in [-0.05, 0) is 59.0 Å². The van der Waals surface area contributed by atoms with Gasteiger partial charge in [-0.1, -0.05) is 36.0 Å². The molecule has 0 aromatic carbocycles. The summed E-state index contributed by atoms with van der Waals surface area (Å²) in [6, 6.07) is 0. The Bertz CT molecular complexity index is 607. The first-order chi connectivity index (χ1) is 11.7. The molecule has 1 aliphatic carbocycles. The zero-order valence-corrected chi connectivity index (χ0v) is 16.2. The summed E-state index contributed by atoms with van der Waals surface area (Å²) < 4.78 is 11.6. The summed E-state index contributed by atoms with van der Waals surface area (Å²) in [7, 11) is 0. The second-order valence-corrected chi connectivity index (χ2v) is 7.82. The van der Waals surface area contributed by atoms with E-state index in [1.165, 1.54) is 23.6 Å². The highest BCUT2D eigenvalue weighted by atomic mass is 16.5. The van der Waals surface area contributed by atoms with E-state index in [4.69, 9.17) is 9.47 Å². The molecule has 1 saturated carbocycles. The lowest BCUT2D eigenvalue weighted by molar-refractivity contribution is -0.149. The van der Waals surface area contributed by atoms with Gasteiger partial charge >= 0.3 is 5.97 Å². The molecule has 25 heavy (non-hydrogen) atoms. The van der Waals surface area contributed by atoms with Crippen LogP contribution in [0.3, 0.4) is 0 Å². The molecule has 0 aromatic rings. The van der Waals surface area contributed by atoms with Crippen LogP contribution in [-0.2, 0) is 14.3 Å². The number of hydrogen-bond acceptors (Lipinski definition) is 3. The smallest absolute Gasteiger partial charge is 0.302 e. The van der Waals surface area contributed by atoms with Crippen molar-refractivity contribution in [3.05, 3.63) is 47.8 Å². The maximum atomic E-state index is 11.4. The van der Waals surface area contributed by atoms with Gasteiger partial charge in [-0.3, -0.25) is 4.79 Å². The summed E-state index contributed by atoms with van der Waals surface area (Å²) in [4.78, 5) is 11.4. The normalized spacial score (nSPS) is 29.5. The topological polar surface area (TPSA) is 35.5 Å². The van der Waals surface area contributed by atoms with E-state index < -0.39 is 0 Å². The molecular formula is C22H32O3. The first-order valence-electron chi connectivity index (χ1n) is 9.23. The van der Waals surface area contributed by atoms with E-state index in [1.54, 1.807) is 0 Å². The quantitative estimate of drug-likeness (QED) is 0.478. The molecule has 3 heteroatoms. The van der Waals surface area contributed by atoms with Crippen LogP contribution >= 0.6 is 0 Å². The minimum absolute atomic E-state index is 0.0561. The van der Waals surface area contributed by atoms with Crippen LogP contribution < -0.4 is 0 Å². The predicted molar refractivity (Wildman–Crippen MR) is 102 cm³/mol. The van der Waals surface area contributed by atoms with Crippen LogP contribution in [0.4, 0.5) is 0 Å². The molecule has 3 nitrogen and oxygen atoms in total. The van der Waals surface area contributed by atoms with Crippen LogP contribution in [0.25, 0.3) is 0 Å². The lowest BCUT2D eigenvalue weighted by atomic mass is 9.65. The molecule has 1 aliphatic heterocycles. The monoisotopic (exact) mass is 344 g/mol. The van der Waals surface area contributed by atoms with E-state index in [0.29, 0.717) is 0 Å². The van der Waals surface area contributed by atoms with Crippen molar-refractivity contribution in [2.24, 2.45) is 5.41 Å². The Hall–Kier alpha value is -1.77. The summed E-state index contributed by atoms with van der Waals surface area (Å²) in [5.74, 6) is 0.596. The van der Waals surface area contributed by atoms with Crippen LogP contribution in [0.2, 0.25) is 0 Å². The van der Waals surface area contributed by atoms with E-state index in [1.807, 2.05) is 0 Å². The van der Waals surface area contributed by atoms with Crippen molar-refractivity contribution in [3.63, 3.8) is 0 Å². The molecule has 3 atom stereocenters. The molecule has 0 N–H and O–H groups in total. The SMILES string of the molecule is C=C1CC2(C[C@H](OC(C)=O)CCC2=C)[C@@H](/C=C(\C)CCC=C(C)C)O1. The lowest BCUT2D eigenvalue weighted by Crippen LogP contribution is -2.40. The van der Waals surface area contributed by atoms with Crippen molar-refractivity contribution in [3.8, 4) is 0 Å². The molecule has 2 fully saturated rings. The lowest BCUT2D eigenvalue weighted by Gasteiger charge is -2.41. The van der Waals surface area contributed by atoms with Gasteiger partial charge in [-0.2, -0.15) is 0 Å². The van der Waals surface area contributed by atoms with Gasteiger partial charge in [0.25, 0.3) is 0 Å². The first kappa shape index (κ1) is 19.6. The van der Waals surface area contributed by atoms with Gasteiger partial charge in [0.1, 0.15) is 12.2 Å². The fraction of sp³-hybridized carbons (Fsp3) is 0.591. The highest BCUT2D eigenvalue weighted by Gasteiger charge is 2.51. The molecule has 0 aromatic heterocycles. The maximum absolute atomic E-state index is 11.4. The van der Waals surface area contributed by atoms with Crippen LogP contribution in [0.1, 0.15) is 66.2 Å². The number of carbonyl (C=O) groups is 1. The van der Waals surface area contributed by atoms with Crippen molar-refractivity contribution in [1.29, 1.82) is 0 Å². The van der Waals surface area contributed by atoms with Crippen LogP contribution in [0.5, 0.6) is 0 Å². The molecule has 1 saturated heterocycles. The third kappa shape index (κ3) is 4.87. The average Bonchev–Trinajstić information content (AvgIpc) is 2.78. The van der Waals surface area contributed by atoms with Crippen molar-refractivity contribution >= 4 is 5.97 Å². The molecule has 0 radical (unpaired) electrons. The van der Waals surface area contributed by atoms with Crippen molar-refractivity contribution in [1.82, 2.24) is 0 Å². The van der Waals surface area contributed by atoms with E-state index in [-0.39, 0.29) is 23.6 Å². The predicted octanol–water partition coefficient (Wildman–Crippen LogP) is 5.64. The van der Waals surface area contributed by atoms with Gasteiger partial charge in [0, 0.05) is 18.8 Å². The molecule has 2 rings (SSSR count). The minimum Gasteiger partial charge on any atom is -0.490 e. The molecular weight excluding hydrogens is 312 g/mol. The molecule has 1 heterocycles. The Balaban J connectivity index is 2.18. The van der Waals surface area contributed by atoms with Gasteiger partial charge in [0.2, 0.25) is 0 Å². The number of carbonyl (C=O) groups excluding carboxylic acids is 1. The number of rotatable bonds is 5. The fourth-order valence-corrected chi connectivity index (χ4v) is 4.00. The molecule has 1 unspecified atom stereocenters. The molecule has 0 bridgehead atoms. The molecule has 138 valence electrons. The Kier molecular flexibility index (Phi) is 6.31. The summed E-state index contributed by atoms with van der Waals surface area (Å²) in [6.07, 6.45) is 9.71. The van der Waals surface area contributed by atoms with Crippen molar-refractivity contribution in [2.75, 3.05) is 0 Å². The second-order valence-electron chi connectivity index (χ2n) is 7.82. The first-order valence-corrected chi connectivity index (χ1v) is 9.23. The largest absolute Gasteiger partial charge is 0.490 e. The van der Waals surface area contributed by atoms with Crippen molar-refractivity contribution in [2.45, 2.75) is 78.4 Å². The Morgan fingerprint density at radius 3 is 2.68 bits per heavy atom. The minimum atomic E-state index is -0.213. The van der Waals surface area contributed by atoms with Crippen molar-refractivity contribution < 1.29 is 14.3 Å². The average molecular weight is 344 g/mol. The fourth-order valence-electron chi connectivity index (χ4n) is 4.00. The highest BCUT2D eigenvalue weighted by molar-refractivity contribution is 5.66. The summed E-state index contributed by atoms with van der Waals surface area (Å²) in [6.45, 7) is 16.3. The standard InChI is InChI=1S/C22H32O3/c1-15(2)8-7-9-16(3)12-21-22(13-18(5)24-21)14-20(25-19(6)23)11-10-17(22)4/h8,12,20-21H,4-5,7,9-11,13-14H2,1-3,6H3/b16-12+/t20-,21-,22?/m1/s1. The third-order valence-electron chi connectivity index (χ3n) is 5.27. The van der Waals surface area contributed by atoms with Crippen LogP contribution in [0, 0.1) is 5.41 Å². The van der Waals surface area contributed by atoms with E-state index in [0.717, 1.165) is 44.3 Å². The van der Waals surface area contributed by atoms with Gasteiger partial charge in [-0.15, -0.1) is 0 Å². The molecule has 0 amide bonds. The van der Waals surface area contributed by atoms with Gasteiger partial charge in [0.05, 0.1) is 5.76 Å². The Morgan fingerprint density at radius 1 is 1.32 bits per heavy atom.